The minimum Gasteiger partial charge on any atom is -0.350 e. The van der Waals surface area contributed by atoms with Crippen molar-refractivity contribution in [3.63, 3.8) is 0 Å². The van der Waals surface area contributed by atoms with Gasteiger partial charge < -0.3 is 10.2 Å². The SMILES string of the molecule is CC(C)CNC(=O)c1ccc(N2CCCc3ccccc32)cn1. The number of hydrogen-bond donors (Lipinski definition) is 1. The van der Waals surface area contributed by atoms with Gasteiger partial charge in [-0.1, -0.05) is 32.0 Å². The van der Waals surface area contributed by atoms with Crippen molar-refractivity contribution >= 4 is 17.3 Å². The minimum atomic E-state index is -0.107. The van der Waals surface area contributed by atoms with Gasteiger partial charge in [0.15, 0.2) is 0 Å². The average Bonchev–Trinajstić information content (AvgIpc) is 2.59. The molecule has 23 heavy (non-hydrogen) atoms. The molecule has 1 aromatic heterocycles. The zero-order valence-electron chi connectivity index (χ0n) is 13.7. The van der Waals surface area contributed by atoms with Crippen LogP contribution in [0.25, 0.3) is 0 Å². The van der Waals surface area contributed by atoms with E-state index < -0.39 is 0 Å². The Labute approximate surface area is 137 Å². The summed E-state index contributed by atoms with van der Waals surface area (Å²) in [5.41, 5.74) is 4.13. The number of benzene rings is 1. The molecule has 0 bridgehead atoms. The van der Waals surface area contributed by atoms with Gasteiger partial charge in [-0.3, -0.25) is 4.79 Å². The Hall–Kier alpha value is -2.36. The number of carbonyl (C=O) groups is 1. The maximum Gasteiger partial charge on any atom is 0.269 e. The summed E-state index contributed by atoms with van der Waals surface area (Å²) in [5.74, 6) is 0.326. The van der Waals surface area contributed by atoms with Crippen molar-refractivity contribution in [1.82, 2.24) is 10.3 Å². The molecular weight excluding hydrogens is 286 g/mol. The summed E-state index contributed by atoms with van der Waals surface area (Å²) in [7, 11) is 0. The fourth-order valence-corrected chi connectivity index (χ4v) is 2.87. The van der Waals surface area contributed by atoms with Gasteiger partial charge in [-0.25, -0.2) is 4.98 Å². The van der Waals surface area contributed by atoms with Gasteiger partial charge in [0, 0.05) is 18.8 Å². The first-order valence-electron chi connectivity index (χ1n) is 8.25. The van der Waals surface area contributed by atoms with Crippen LogP contribution in [0.5, 0.6) is 0 Å². The number of anilines is 2. The fraction of sp³-hybridized carbons (Fsp3) is 0.368. The molecule has 0 radical (unpaired) electrons. The van der Waals surface area contributed by atoms with Gasteiger partial charge >= 0.3 is 0 Å². The number of para-hydroxylation sites is 1. The second kappa shape index (κ2) is 6.82. The summed E-state index contributed by atoms with van der Waals surface area (Å²) in [6, 6.07) is 12.3. The van der Waals surface area contributed by atoms with E-state index in [-0.39, 0.29) is 5.91 Å². The number of aryl methyl sites for hydroxylation is 1. The Balaban J connectivity index is 1.77. The molecule has 2 aromatic rings. The molecule has 4 nitrogen and oxygen atoms in total. The molecule has 1 aliphatic rings. The largest absolute Gasteiger partial charge is 0.350 e. The molecule has 2 heterocycles. The maximum absolute atomic E-state index is 12.0. The molecule has 3 rings (SSSR count). The molecule has 0 aliphatic carbocycles. The van der Waals surface area contributed by atoms with Crippen molar-refractivity contribution in [3.05, 3.63) is 53.9 Å². The number of hydrogen-bond acceptors (Lipinski definition) is 3. The Morgan fingerprint density at radius 2 is 2.09 bits per heavy atom. The number of amides is 1. The molecule has 4 heteroatoms. The van der Waals surface area contributed by atoms with Crippen LogP contribution in [0, 0.1) is 5.92 Å². The zero-order chi connectivity index (χ0) is 16.2. The highest BCUT2D eigenvalue weighted by Gasteiger charge is 2.18. The van der Waals surface area contributed by atoms with E-state index in [9.17, 15) is 4.79 Å². The summed E-state index contributed by atoms with van der Waals surface area (Å²) in [4.78, 5) is 18.7. The first kappa shape index (κ1) is 15.5. The molecule has 0 fully saturated rings. The third-order valence-electron chi connectivity index (χ3n) is 4.07. The van der Waals surface area contributed by atoms with Crippen LogP contribution in [0.1, 0.15) is 36.3 Å². The van der Waals surface area contributed by atoms with Crippen LogP contribution in [-0.4, -0.2) is 24.0 Å². The molecule has 0 unspecified atom stereocenters. The topological polar surface area (TPSA) is 45.2 Å². The highest BCUT2D eigenvalue weighted by Crippen LogP contribution is 2.32. The van der Waals surface area contributed by atoms with Crippen LogP contribution in [0.3, 0.4) is 0 Å². The zero-order valence-corrected chi connectivity index (χ0v) is 13.7. The second-order valence-corrected chi connectivity index (χ2v) is 6.39. The number of nitrogens with one attached hydrogen (secondary N) is 1. The summed E-state index contributed by atoms with van der Waals surface area (Å²) in [5, 5.41) is 2.90. The number of pyridine rings is 1. The predicted octanol–water partition coefficient (Wildman–Crippen LogP) is 3.55. The third-order valence-corrected chi connectivity index (χ3v) is 4.07. The smallest absolute Gasteiger partial charge is 0.269 e. The monoisotopic (exact) mass is 309 g/mol. The van der Waals surface area contributed by atoms with Crippen molar-refractivity contribution < 1.29 is 4.79 Å². The lowest BCUT2D eigenvalue weighted by Crippen LogP contribution is -2.28. The summed E-state index contributed by atoms with van der Waals surface area (Å²) >= 11 is 0. The van der Waals surface area contributed by atoms with Crippen LogP contribution >= 0.6 is 0 Å². The molecule has 0 atom stereocenters. The Morgan fingerprint density at radius 3 is 2.83 bits per heavy atom. The molecule has 0 spiro atoms. The average molecular weight is 309 g/mol. The van der Waals surface area contributed by atoms with Crippen molar-refractivity contribution in [3.8, 4) is 0 Å². The van der Waals surface area contributed by atoms with E-state index in [1.165, 1.54) is 11.3 Å². The minimum absolute atomic E-state index is 0.107. The highest BCUT2D eigenvalue weighted by atomic mass is 16.1. The molecule has 1 N–H and O–H groups in total. The second-order valence-electron chi connectivity index (χ2n) is 6.39. The Kier molecular flexibility index (Phi) is 4.60. The van der Waals surface area contributed by atoms with E-state index in [0.29, 0.717) is 18.2 Å². The van der Waals surface area contributed by atoms with E-state index in [4.69, 9.17) is 0 Å². The van der Waals surface area contributed by atoms with E-state index in [1.807, 2.05) is 12.1 Å². The molecule has 1 aromatic carbocycles. The van der Waals surface area contributed by atoms with E-state index >= 15 is 0 Å². The van der Waals surface area contributed by atoms with Gasteiger partial charge in [0.25, 0.3) is 5.91 Å². The van der Waals surface area contributed by atoms with E-state index in [2.05, 4.69) is 53.3 Å². The molecule has 0 saturated carbocycles. The number of rotatable bonds is 4. The van der Waals surface area contributed by atoms with Gasteiger partial charge in [0.1, 0.15) is 5.69 Å². The number of aromatic nitrogens is 1. The Bertz CT molecular complexity index is 679. The van der Waals surface area contributed by atoms with Crippen LogP contribution in [0.2, 0.25) is 0 Å². The van der Waals surface area contributed by atoms with Crippen molar-refractivity contribution in [1.29, 1.82) is 0 Å². The number of carbonyl (C=O) groups excluding carboxylic acids is 1. The maximum atomic E-state index is 12.0. The summed E-state index contributed by atoms with van der Waals surface area (Å²) in [6.45, 7) is 5.80. The molecule has 120 valence electrons. The predicted molar refractivity (Wildman–Crippen MR) is 93.2 cm³/mol. The summed E-state index contributed by atoms with van der Waals surface area (Å²) in [6.07, 6.45) is 4.05. The van der Waals surface area contributed by atoms with Gasteiger partial charge in [-0.15, -0.1) is 0 Å². The van der Waals surface area contributed by atoms with Crippen molar-refractivity contribution in [2.45, 2.75) is 26.7 Å². The lowest BCUT2D eigenvalue weighted by molar-refractivity contribution is 0.0944. The van der Waals surface area contributed by atoms with Crippen LogP contribution in [-0.2, 0) is 6.42 Å². The van der Waals surface area contributed by atoms with Crippen molar-refractivity contribution in [2.75, 3.05) is 18.0 Å². The third kappa shape index (κ3) is 3.52. The van der Waals surface area contributed by atoms with E-state index in [1.54, 1.807) is 6.20 Å². The van der Waals surface area contributed by atoms with E-state index in [0.717, 1.165) is 25.1 Å². The van der Waals surface area contributed by atoms with Crippen LogP contribution < -0.4 is 10.2 Å². The first-order valence-corrected chi connectivity index (χ1v) is 8.25. The van der Waals surface area contributed by atoms with Gasteiger partial charge in [-0.05, 0) is 42.5 Å². The van der Waals surface area contributed by atoms with Gasteiger partial charge in [0.05, 0.1) is 11.9 Å². The lowest BCUT2D eigenvalue weighted by Gasteiger charge is -2.31. The normalized spacial score (nSPS) is 13.8. The highest BCUT2D eigenvalue weighted by molar-refractivity contribution is 5.92. The van der Waals surface area contributed by atoms with Gasteiger partial charge in [0.2, 0.25) is 0 Å². The molecular formula is C19H23N3O. The molecule has 1 amide bonds. The first-order chi connectivity index (χ1) is 11.1. The van der Waals surface area contributed by atoms with Crippen molar-refractivity contribution in [2.24, 2.45) is 5.92 Å². The lowest BCUT2D eigenvalue weighted by atomic mass is 10.0. The molecule has 1 aliphatic heterocycles. The van der Waals surface area contributed by atoms with Gasteiger partial charge in [-0.2, -0.15) is 0 Å². The quantitative estimate of drug-likeness (QED) is 0.939. The number of fused-ring (bicyclic) bond motifs is 1. The fourth-order valence-electron chi connectivity index (χ4n) is 2.87. The number of nitrogens with zero attached hydrogens (tertiary/aromatic N) is 2. The summed E-state index contributed by atoms with van der Waals surface area (Å²) < 4.78 is 0. The standard InChI is InChI=1S/C19H23N3O/c1-14(2)12-21-19(23)17-10-9-16(13-20-17)22-11-5-7-15-6-3-4-8-18(15)22/h3-4,6,8-10,13-14H,5,7,11-12H2,1-2H3,(H,21,23). The van der Waals surface area contributed by atoms with Crippen LogP contribution in [0.15, 0.2) is 42.6 Å². The Morgan fingerprint density at radius 1 is 1.26 bits per heavy atom. The molecule has 0 saturated heterocycles. The van der Waals surface area contributed by atoms with Crippen LogP contribution in [0.4, 0.5) is 11.4 Å².